The van der Waals surface area contributed by atoms with Crippen molar-refractivity contribution >= 4 is 15.7 Å². The molecule has 1 heterocycles. The predicted molar refractivity (Wildman–Crippen MR) is 88.3 cm³/mol. The van der Waals surface area contributed by atoms with Gasteiger partial charge in [-0.05, 0) is 37.1 Å². The van der Waals surface area contributed by atoms with Gasteiger partial charge in [0.15, 0.2) is 0 Å². The Morgan fingerprint density at radius 2 is 2.00 bits per heavy atom. The van der Waals surface area contributed by atoms with Gasteiger partial charge in [0.05, 0.1) is 23.8 Å². The first-order valence-corrected chi connectivity index (χ1v) is 8.83. The lowest BCUT2D eigenvalue weighted by Gasteiger charge is -2.33. The monoisotopic (exact) mass is 333 g/mol. The number of methoxy groups -OCH3 is 1. The molecular weight excluding hydrogens is 314 g/mol. The van der Waals surface area contributed by atoms with Crippen LogP contribution >= 0.6 is 0 Å². The molecule has 23 heavy (non-hydrogen) atoms. The summed E-state index contributed by atoms with van der Waals surface area (Å²) < 4.78 is 32.6. The highest BCUT2D eigenvalue weighted by molar-refractivity contribution is 7.92. The zero-order valence-corrected chi connectivity index (χ0v) is 13.9. The Hall–Kier alpha value is -2.05. The fraction of sp³-hybridized carbons (Fsp3) is 0.294. The number of sulfonamides is 1. The minimum atomic E-state index is -3.68. The minimum absolute atomic E-state index is 0.234. The number of hydrogen-bond acceptors (Lipinski definition) is 4. The van der Waals surface area contributed by atoms with Crippen LogP contribution in [0.3, 0.4) is 0 Å². The van der Waals surface area contributed by atoms with Crippen LogP contribution in [0.1, 0.15) is 23.7 Å². The molecule has 0 fully saturated rings. The summed E-state index contributed by atoms with van der Waals surface area (Å²) in [6.45, 7) is 2.09. The molecule has 3 rings (SSSR count). The van der Waals surface area contributed by atoms with Crippen molar-refractivity contribution in [1.29, 1.82) is 0 Å². The van der Waals surface area contributed by atoms with E-state index in [4.69, 9.17) is 4.74 Å². The van der Waals surface area contributed by atoms with Crippen molar-refractivity contribution in [2.24, 2.45) is 0 Å². The average Bonchev–Trinajstić information content (AvgIpc) is 2.54. The molecule has 0 aliphatic carbocycles. The number of aryl methyl sites for hydroxylation is 1. The summed E-state index contributed by atoms with van der Waals surface area (Å²) >= 11 is 0. The third-order valence-electron chi connectivity index (χ3n) is 4.05. The van der Waals surface area contributed by atoms with Crippen molar-refractivity contribution in [2.75, 3.05) is 18.0 Å². The third kappa shape index (κ3) is 2.80. The minimum Gasteiger partial charge on any atom is -0.497 e. The molecule has 2 aromatic rings. The number of anilines is 1. The molecule has 2 aromatic carbocycles. The topological polar surface area (TPSA) is 66.8 Å². The summed E-state index contributed by atoms with van der Waals surface area (Å²) in [4.78, 5) is 0.252. The first-order chi connectivity index (χ1) is 10.9. The molecule has 5 nitrogen and oxygen atoms in total. The van der Waals surface area contributed by atoms with Crippen molar-refractivity contribution in [1.82, 2.24) is 0 Å². The number of fused-ring (bicyclic) bond motifs is 1. The average molecular weight is 333 g/mol. The molecule has 0 bridgehead atoms. The normalized spacial score (nSPS) is 17.7. The van der Waals surface area contributed by atoms with Crippen molar-refractivity contribution in [3.63, 3.8) is 0 Å². The maximum atomic E-state index is 13.0. The van der Waals surface area contributed by atoms with Crippen LogP contribution in [0.25, 0.3) is 0 Å². The van der Waals surface area contributed by atoms with Crippen LogP contribution in [0, 0.1) is 6.92 Å². The van der Waals surface area contributed by atoms with Gasteiger partial charge in [0.25, 0.3) is 10.0 Å². The molecule has 0 radical (unpaired) electrons. The molecule has 6 heteroatoms. The van der Waals surface area contributed by atoms with Gasteiger partial charge in [0.2, 0.25) is 0 Å². The second-order valence-corrected chi connectivity index (χ2v) is 7.49. The van der Waals surface area contributed by atoms with Crippen molar-refractivity contribution in [2.45, 2.75) is 24.3 Å². The van der Waals surface area contributed by atoms with Crippen LogP contribution in [0.4, 0.5) is 5.69 Å². The van der Waals surface area contributed by atoms with Gasteiger partial charge < -0.3 is 9.84 Å². The van der Waals surface area contributed by atoms with Gasteiger partial charge in [-0.25, -0.2) is 8.42 Å². The number of aliphatic hydroxyl groups excluding tert-OH is 1. The summed E-state index contributed by atoms with van der Waals surface area (Å²) in [5.41, 5.74) is 1.96. The molecule has 1 atom stereocenters. The number of benzene rings is 2. The van der Waals surface area contributed by atoms with E-state index in [0.717, 1.165) is 5.56 Å². The molecule has 0 saturated heterocycles. The first kappa shape index (κ1) is 15.8. The standard InChI is InChI=1S/C17H19NO4S/c1-12-4-3-5-14(10-12)23(20,21)18-9-8-17(19)15-7-6-13(22-2)11-16(15)18/h3-7,10-11,17,19H,8-9H2,1-2H3. The Labute approximate surface area is 136 Å². The second-order valence-electron chi connectivity index (χ2n) is 5.62. The molecule has 1 unspecified atom stereocenters. The van der Waals surface area contributed by atoms with Gasteiger partial charge in [-0.1, -0.05) is 18.2 Å². The van der Waals surface area contributed by atoms with Crippen LogP contribution in [0.15, 0.2) is 47.4 Å². The predicted octanol–water partition coefficient (Wildman–Crippen LogP) is 2.64. The van der Waals surface area contributed by atoms with E-state index in [-0.39, 0.29) is 11.4 Å². The van der Waals surface area contributed by atoms with E-state index in [1.54, 1.807) is 36.4 Å². The van der Waals surface area contributed by atoms with Crippen LogP contribution in [-0.4, -0.2) is 27.2 Å². The molecule has 0 saturated carbocycles. The second kappa shape index (κ2) is 5.86. The molecular formula is C17H19NO4S. The number of rotatable bonds is 3. The molecule has 122 valence electrons. The smallest absolute Gasteiger partial charge is 0.264 e. The summed E-state index contributed by atoms with van der Waals surface area (Å²) in [6.07, 6.45) is -0.301. The zero-order chi connectivity index (χ0) is 16.6. The fourth-order valence-corrected chi connectivity index (χ4v) is 4.42. The summed E-state index contributed by atoms with van der Waals surface area (Å²) in [7, 11) is -2.15. The first-order valence-electron chi connectivity index (χ1n) is 7.39. The van der Waals surface area contributed by atoms with Gasteiger partial charge in [-0.15, -0.1) is 0 Å². The SMILES string of the molecule is COc1ccc2c(c1)N(S(=O)(=O)c1cccc(C)c1)CCC2O. The lowest BCUT2D eigenvalue weighted by Crippen LogP contribution is -2.36. The largest absolute Gasteiger partial charge is 0.497 e. The highest BCUT2D eigenvalue weighted by Gasteiger charge is 2.32. The number of ether oxygens (including phenoxy) is 1. The van der Waals surface area contributed by atoms with Gasteiger partial charge in [-0.3, -0.25) is 4.31 Å². The Morgan fingerprint density at radius 1 is 1.22 bits per heavy atom. The van der Waals surface area contributed by atoms with E-state index < -0.39 is 16.1 Å². The van der Waals surface area contributed by atoms with Gasteiger partial charge in [0, 0.05) is 18.2 Å². The molecule has 1 aliphatic rings. The van der Waals surface area contributed by atoms with E-state index in [1.807, 2.05) is 13.0 Å². The Bertz CT molecular complexity index is 832. The Balaban J connectivity index is 2.13. The zero-order valence-electron chi connectivity index (χ0n) is 13.1. The summed E-state index contributed by atoms with van der Waals surface area (Å²) in [5.74, 6) is 0.558. The molecule has 1 aliphatic heterocycles. The number of hydrogen-bond donors (Lipinski definition) is 1. The number of nitrogens with zero attached hydrogens (tertiary/aromatic N) is 1. The van der Waals surface area contributed by atoms with Crippen LogP contribution in [0.5, 0.6) is 5.75 Å². The van der Waals surface area contributed by atoms with E-state index in [2.05, 4.69) is 0 Å². The summed E-state index contributed by atoms with van der Waals surface area (Å²) in [6, 6.07) is 11.9. The lowest BCUT2D eigenvalue weighted by atomic mass is 10.0. The van der Waals surface area contributed by atoms with Gasteiger partial charge >= 0.3 is 0 Å². The van der Waals surface area contributed by atoms with Crippen molar-refractivity contribution in [3.8, 4) is 5.75 Å². The van der Waals surface area contributed by atoms with Crippen molar-refractivity contribution in [3.05, 3.63) is 53.6 Å². The third-order valence-corrected chi connectivity index (χ3v) is 5.86. The quantitative estimate of drug-likeness (QED) is 0.938. The van der Waals surface area contributed by atoms with E-state index in [1.165, 1.54) is 11.4 Å². The lowest BCUT2D eigenvalue weighted by molar-refractivity contribution is 0.166. The highest BCUT2D eigenvalue weighted by atomic mass is 32.2. The molecule has 0 amide bonds. The fourth-order valence-electron chi connectivity index (χ4n) is 2.82. The van der Waals surface area contributed by atoms with Gasteiger partial charge in [0.1, 0.15) is 5.75 Å². The van der Waals surface area contributed by atoms with Gasteiger partial charge in [-0.2, -0.15) is 0 Å². The van der Waals surface area contributed by atoms with Crippen molar-refractivity contribution < 1.29 is 18.3 Å². The highest BCUT2D eigenvalue weighted by Crippen LogP contribution is 2.39. The van der Waals surface area contributed by atoms with Crippen LogP contribution in [-0.2, 0) is 10.0 Å². The van der Waals surface area contributed by atoms with E-state index >= 15 is 0 Å². The summed E-state index contributed by atoms with van der Waals surface area (Å²) in [5, 5.41) is 10.2. The molecule has 0 aromatic heterocycles. The molecule has 1 N–H and O–H groups in total. The van der Waals surface area contributed by atoms with Crippen LogP contribution < -0.4 is 9.04 Å². The maximum Gasteiger partial charge on any atom is 0.264 e. The van der Waals surface area contributed by atoms with E-state index in [9.17, 15) is 13.5 Å². The Kier molecular flexibility index (Phi) is 4.04. The van der Waals surface area contributed by atoms with Crippen LogP contribution in [0.2, 0.25) is 0 Å². The Morgan fingerprint density at radius 3 is 2.70 bits per heavy atom. The number of aliphatic hydroxyl groups is 1. The maximum absolute atomic E-state index is 13.0. The molecule has 0 spiro atoms. The van der Waals surface area contributed by atoms with E-state index in [0.29, 0.717) is 23.4 Å².